The summed E-state index contributed by atoms with van der Waals surface area (Å²) in [5.41, 5.74) is 0.699. The lowest BCUT2D eigenvalue weighted by molar-refractivity contribution is 0.0712. The lowest BCUT2D eigenvalue weighted by Gasteiger charge is -2.36. The molecule has 2 aliphatic rings. The summed E-state index contributed by atoms with van der Waals surface area (Å²) in [6.45, 7) is 3.68. The molecule has 1 aromatic rings. The number of aryl methyl sites for hydroxylation is 1. The topological polar surface area (TPSA) is 29.5 Å². The third-order valence-corrected chi connectivity index (χ3v) is 5.68. The van der Waals surface area contributed by atoms with Crippen molar-refractivity contribution < 1.29 is 18.6 Å². The summed E-state index contributed by atoms with van der Waals surface area (Å²) < 4.78 is 34.3. The summed E-state index contributed by atoms with van der Waals surface area (Å²) in [6, 6.07) is 1.56. The summed E-state index contributed by atoms with van der Waals surface area (Å²) >= 11 is 0. The van der Waals surface area contributed by atoms with Crippen molar-refractivity contribution in [2.75, 3.05) is 0 Å². The molecule has 1 aliphatic carbocycles. The molecule has 128 valence electrons. The van der Waals surface area contributed by atoms with E-state index in [1.54, 1.807) is 6.07 Å². The van der Waals surface area contributed by atoms with Crippen molar-refractivity contribution in [2.24, 2.45) is 11.8 Å². The number of aliphatic hydroxyl groups is 1. The third-order valence-electron chi connectivity index (χ3n) is 5.68. The zero-order chi connectivity index (χ0) is 16.6. The van der Waals surface area contributed by atoms with Crippen LogP contribution in [0, 0.1) is 23.5 Å². The van der Waals surface area contributed by atoms with Crippen molar-refractivity contribution in [1.29, 1.82) is 0 Å². The highest BCUT2D eigenvalue weighted by atomic mass is 19.2. The van der Waals surface area contributed by atoms with E-state index in [0.29, 0.717) is 17.9 Å². The Balaban J connectivity index is 1.77. The minimum absolute atomic E-state index is 0.00777. The van der Waals surface area contributed by atoms with Crippen molar-refractivity contribution in [3.8, 4) is 5.75 Å². The normalized spacial score (nSPS) is 28.8. The van der Waals surface area contributed by atoms with E-state index in [1.165, 1.54) is 26.2 Å². The molecule has 0 radical (unpaired) electrons. The Bertz CT molecular complexity index is 563. The summed E-state index contributed by atoms with van der Waals surface area (Å²) in [7, 11) is 0. The Morgan fingerprint density at radius 3 is 2.48 bits per heavy atom. The van der Waals surface area contributed by atoms with Crippen molar-refractivity contribution in [3.63, 3.8) is 0 Å². The van der Waals surface area contributed by atoms with Crippen LogP contribution < -0.4 is 4.74 Å². The van der Waals surface area contributed by atoms with E-state index in [4.69, 9.17) is 4.74 Å². The number of halogens is 2. The Kier molecular flexibility index (Phi) is 4.90. The Morgan fingerprint density at radius 2 is 1.87 bits per heavy atom. The van der Waals surface area contributed by atoms with Crippen molar-refractivity contribution in [1.82, 2.24) is 0 Å². The SMILES string of the molecule is CCC1CCC(C2CCc3cc(C(C)O)c(F)c(F)c3O2)CC1. The summed E-state index contributed by atoms with van der Waals surface area (Å²) in [4.78, 5) is 0. The Hall–Kier alpha value is -1.16. The molecule has 0 saturated heterocycles. The predicted octanol–water partition coefficient (Wildman–Crippen LogP) is 4.93. The maximum atomic E-state index is 14.4. The highest BCUT2D eigenvalue weighted by Crippen LogP contribution is 2.41. The summed E-state index contributed by atoms with van der Waals surface area (Å²) in [6.07, 6.45) is 6.40. The van der Waals surface area contributed by atoms with E-state index in [2.05, 4.69) is 6.92 Å². The number of fused-ring (bicyclic) bond motifs is 1. The molecule has 4 heteroatoms. The number of hydrogen-bond acceptors (Lipinski definition) is 2. The van der Waals surface area contributed by atoms with E-state index in [-0.39, 0.29) is 17.4 Å². The minimum atomic E-state index is -1.02. The highest BCUT2D eigenvalue weighted by molar-refractivity contribution is 5.42. The van der Waals surface area contributed by atoms with E-state index < -0.39 is 17.7 Å². The highest BCUT2D eigenvalue weighted by Gasteiger charge is 2.33. The fourth-order valence-corrected chi connectivity index (χ4v) is 4.11. The predicted molar refractivity (Wildman–Crippen MR) is 85.5 cm³/mol. The van der Waals surface area contributed by atoms with Crippen LogP contribution in [0.15, 0.2) is 6.07 Å². The fraction of sp³-hybridized carbons (Fsp3) is 0.684. The maximum absolute atomic E-state index is 14.4. The quantitative estimate of drug-likeness (QED) is 0.854. The second-order valence-corrected chi connectivity index (χ2v) is 7.14. The standard InChI is InChI=1S/C19H26F2O2/c1-3-12-4-6-13(7-5-12)16-9-8-14-10-15(11(2)22)17(20)18(21)19(14)23-16/h10-13,16,22H,3-9H2,1-2H3. The van der Waals surface area contributed by atoms with E-state index in [0.717, 1.165) is 25.2 Å². The van der Waals surface area contributed by atoms with Gasteiger partial charge in [0.15, 0.2) is 11.6 Å². The molecule has 2 unspecified atom stereocenters. The van der Waals surface area contributed by atoms with Gasteiger partial charge in [0.2, 0.25) is 5.82 Å². The number of aliphatic hydroxyl groups excluding tert-OH is 1. The van der Waals surface area contributed by atoms with Crippen LogP contribution >= 0.6 is 0 Å². The number of rotatable bonds is 3. The zero-order valence-electron chi connectivity index (χ0n) is 13.9. The second-order valence-electron chi connectivity index (χ2n) is 7.14. The van der Waals surface area contributed by atoms with Gasteiger partial charge in [-0.3, -0.25) is 0 Å². The molecular formula is C19H26F2O2. The summed E-state index contributed by atoms with van der Waals surface area (Å²) in [5.74, 6) is -0.588. The van der Waals surface area contributed by atoms with Crippen LogP contribution in [0.5, 0.6) is 5.75 Å². The molecule has 1 aromatic carbocycles. The Labute approximate surface area is 136 Å². The molecule has 0 amide bonds. The number of ether oxygens (including phenoxy) is 1. The molecule has 0 bridgehead atoms. The summed E-state index contributed by atoms with van der Waals surface area (Å²) in [5, 5.41) is 9.59. The van der Waals surface area contributed by atoms with Crippen molar-refractivity contribution in [3.05, 3.63) is 28.8 Å². The fourth-order valence-electron chi connectivity index (χ4n) is 4.11. The maximum Gasteiger partial charge on any atom is 0.201 e. The minimum Gasteiger partial charge on any atom is -0.487 e. The molecular weight excluding hydrogens is 298 g/mol. The second kappa shape index (κ2) is 6.76. The molecule has 0 spiro atoms. The first kappa shape index (κ1) is 16.7. The number of hydrogen-bond donors (Lipinski definition) is 1. The van der Waals surface area contributed by atoms with Crippen LogP contribution in [0.25, 0.3) is 0 Å². The first-order chi connectivity index (χ1) is 11.0. The van der Waals surface area contributed by atoms with Gasteiger partial charge in [-0.2, -0.15) is 4.39 Å². The van der Waals surface area contributed by atoms with Crippen LogP contribution in [-0.2, 0) is 6.42 Å². The van der Waals surface area contributed by atoms with Gasteiger partial charge in [0.25, 0.3) is 0 Å². The van der Waals surface area contributed by atoms with Crippen molar-refractivity contribution >= 4 is 0 Å². The van der Waals surface area contributed by atoms with Gasteiger partial charge in [-0.1, -0.05) is 26.2 Å². The van der Waals surface area contributed by atoms with E-state index in [9.17, 15) is 13.9 Å². The first-order valence-corrected chi connectivity index (χ1v) is 8.86. The first-order valence-electron chi connectivity index (χ1n) is 8.86. The molecule has 1 saturated carbocycles. The van der Waals surface area contributed by atoms with Crippen LogP contribution in [0.1, 0.15) is 69.6 Å². The van der Waals surface area contributed by atoms with E-state index >= 15 is 0 Å². The van der Waals surface area contributed by atoms with Gasteiger partial charge in [-0.05, 0) is 56.1 Å². The monoisotopic (exact) mass is 324 g/mol. The van der Waals surface area contributed by atoms with E-state index in [1.807, 2.05) is 0 Å². The van der Waals surface area contributed by atoms with Gasteiger partial charge >= 0.3 is 0 Å². The molecule has 1 N–H and O–H groups in total. The van der Waals surface area contributed by atoms with Crippen LogP contribution in [0.2, 0.25) is 0 Å². The largest absolute Gasteiger partial charge is 0.487 e. The zero-order valence-corrected chi connectivity index (χ0v) is 13.9. The molecule has 3 rings (SSSR count). The van der Waals surface area contributed by atoms with Gasteiger partial charge < -0.3 is 9.84 Å². The average Bonchev–Trinajstić information content (AvgIpc) is 2.57. The molecule has 2 nitrogen and oxygen atoms in total. The average molecular weight is 324 g/mol. The molecule has 23 heavy (non-hydrogen) atoms. The number of benzene rings is 1. The van der Waals surface area contributed by atoms with Gasteiger partial charge in [-0.15, -0.1) is 0 Å². The van der Waals surface area contributed by atoms with Crippen molar-refractivity contribution in [2.45, 2.75) is 71.0 Å². The van der Waals surface area contributed by atoms with Gasteiger partial charge in [0.05, 0.1) is 6.10 Å². The molecule has 2 atom stereocenters. The molecule has 1 fully saturated rings. The van der Waals surface area contributed by atoms with Gasteiger partial charge in [0, 0.05) is 5.56 Å². The van der Waals surface area contributed by atoms with Gasteiger partial charge in [0.1, 0.15) is 6.10 Å². The molecule has 0 aromatic heterocycles. The van der Waals surface area contributed by atoms with Gasteiger partial charge in [-0.25, -0.2) is 4.39 Å². The smallest absolute Gasteiger partial charge is 0.201 e. The lowest BCUT2D eigenvalue weighted by atomic mass is 9.77. The van der Waals surface area contributed by atoms with Crippen LogP contribution in [-0.4, -0.2) is 11.2 Å². The van der Waals surface area contributed by atoms with Crippen LogP contribution in [0.3, 0.4) is 0 Å². The Morgan fingerprint density at radius 1 is 1.17 bits per heavy atom. The third kappa shape index (κ3) is 3.23. The lowest BCUT2D eigenvalue weighted by Crippen LogP contribution is -2.34. The van der Waals surface area contributed by atoms with Crippen LogP contribution in [0.4, 0.5) is 8.78 Å². The molecule has 1 heterocycles. The molecule has 1 aliphatic heterocycles.